The lowest BCUT2D eigenvalue weighted by molar-refractivity contribution is 0.0938. The zero-order chi connectivity index (χ0) is 17.1. The molecule has 0 saturated heterocycles. The second-order valence-electron chi connectivity index (χ2n) is 6.89. The lowest BCUT2D eigenvalue weighted by atomic mass is 10.1. The van der Waals surface area contributed by atoms with Crippen LogP contribution in [0.4, 0.5) is 0 Å². The van der Waals surface area contributed by atoms with Gasteiger partial charge in [0.1, 0.15) is 11.9 Å². The van der Waals surface area contributed by atoms with Gasteiger partial charge < -0.3 is 10.1 Å². The molecule has 0 radical (unpaired) electrons. The van der Waals surface area contributed by atoms with Gasteiger partial charge in [-0.3, -0.25) is 4.79 Å². The molecule has 2 aliphatic carbocycles. The van der Waals surface area contributed by atoms with Crippen molar-refractivity contribution in [2.24, 2.45) is 0 Å². The molecule has 1 atom stereocenters. The number of nitrogens with one attached hydrogen (secondary N) is 1. The van der Waals surface area contributed by atoms with E-state index in [9.17, 15) is 4.79 Å². The molecule has 2 aromatic rings. The maximum Gasteiger partial charge on any atom is 0.251 e. The fraction of sp³-hybridized carbons (Fsp3) is 0.318. The van der Waals surface area contributed by atoms with E-state index in [1.807, 2.05) is 24.3 Å². The predicted molar refractivity (Wildman–Crippen MR) is 99.0 cm³/mol. The second-order valence-corrected chi connectivity index (χ2v) is 6.89. The van der Waals surface area contributed by atoms with Crippen LogP contribution in [-0.2, 0) is 12.8 Å². The number of hydrogen-bond donors (Lipinski definition) is 1. The van der Waals surface area contributed by atoms with Gasteiger partial charge in [-0.2, -0.15) is 0 Å². The minimum Gasteiger partial charge on any atom is -0.486 e. The molecule has 3 nitrogen and oxygen atoms in total. The monoisotopic (exact) mass is 333 g/mol. The molecule has 1 amide bonds. The van der Waals surface area contributed by atoms with Gasteiger partial charge in [0.05, 0.1) is 0 Å². The number of allylic oxidation sites excluding steroid dienone is 1. The maximum atomic E-state index is 12.5. The minimum atomic E-state index is -0.0121. The van der Waals surface area contributed by atoms with E-state index in [0.29, 0.717) is 5.56 Å². The molecule has 2 aliphatic rings. The van der Waals surface area contributed by atoms with Crippen LogP contribution in [0.1, 0.15) is 40.7 Å². The summed E-state index contributed by atoms with van der Waals surface area (Å²) in [6, 6.07) is 16.1. The van der Waals surface area contributed by atoms with Crippen molar-refractivity contribution in [2.75, 3.05) is 0 Å². The van der Waals surface area contributed by atoms with Gasteiger partial charge in [0.15, 0.2) is 0 Å². The van der Waals surface area contributed by atoms with E-state index in [1.165, 1.54) is 17.5 Å². The van der Waals surface area contributed by atoms with E-state index >= 15 is 0 Å². The van der Waals surface area contributed by atoms with Crippen LogP contribution < -0.4 is 10.1 Å². The van der Waals surface area contributed by atoms with Gasteiger partial charge >= 0.3 is 0 Å². The number of hydrogen-bond acceptors (Lipinski definition) is 2. The lowest BCUT2D eigenvalue weighted by Crippen LogP contribution is -2.35. The van der Waals surface area contributed by atoms with Crippen LogP contribution in [0.5, 0.6) is 5.75 Å². The van der Waals surface area contributed by atoms with E-state index in [2.05, 4.69) is 41.7 Å². The van der Waals surface area contributed by atoms with Crippen LogP contribution in [0.3, 0.4) is 0 Å². The first kappa shape index (κ1) is 15.9. The van der Waals surface area contributed by atoms with Crippen LogP contribution in [0.15, 0.2) is 60.7 Å². The van der Waals surface area contributed by atoms with Gasteiger partial charge in [0.2, 0.25) is 0 Å². The van der Waals surface area contributed by atoms with E-state index < -0.39 is 0 Å². The largest absolute Gasteiger partial charge is 0.486 e. The van der Waals surface area contributed by atoms with Gasteiger partial charge in [-0.25, -0.2) is 0 Å². The van der Waals surface area contributed by atoms with Crippen molar-refractivity contribution >= 4 is 5.91 Å². The van der Waals surface area contributed by atoms with Crippen LogP contribution in [0, 0.1) is 0 Å². The average molecular weight is 333 g/mol. The SMILES string of the molecule is O=C(NC1Cc2ccccc2C1)c1ccc(OC2C=CCCC2)cc1. The van der Waals surface area contributed by atoms with Crippen LogP contribution in [-0.4, -0.2) is 18.1 Å². The number of carbonyl (C=O) groups is 1. The summed E-state index contributed by atoms with van der Waals surface area (Å²) in [6.45, 7) is 0. The number of ether oxygens (including phenoxy) is 1. The third-order valence-electron chi connectivity index (χ3n) is 5.00. The molecule has 128 valence electrons. The molecule has 0 bridgehead atoms. The normalized spacial score (nSPS) is 19.4. The molecule has 0 fully saturated rings. The summed E-state index contributed by atoms with van der Waals surface area (Å²) in [5.41, 5.74) is 3.37. The Balaban J connectivity index is 1.35. The molecule has 0 saturated carbocycles. The van der Waals surface area contributed by atoms with Crippen molar-refractivity contribution in [3.05, 3.63) is 77.4 Å². The lowest BCUT2D eigenvalue weighted by Gasteiger charge is -2.18. The number of rotatable bonds is 4. The molecule has 0 aliphatic heterocycles. The Morgan fingerprint density at radius 2 is 1.72 bits per heavy atom. The zero-order valence-electron chi connectivity index (χ0n) is 14.3. The number of amides is 1. The molecule has 25 heavy (non-hydrogen) atoms. The van der Waals surface area contributed by atoms with Gasteiger partial charge in [0, 0.05) is 11.6 Å². The molecule has 2 aromatic carbocycles. The molecule has 3 heteroatoms. The predicted octanol–water partition coefficient (Wildman–Crippen LogP) is 4.07. The molecule has 4 rings (SSSR count). The van der Waals surface area contributed by atoms with Crippen molar-refractivity contribution in [1.82, 2.24) is 5.32 Å². The molecular formula is C22H23NO2. The highest BCUT2D eigenvalue weighted by atomic mass is 16.5. The Labute approximate surface area is 148 Å². The Hall–Kier alpha value is -2.55. The molecular weight excluding hydrogens is 310 g/mol. The highest BCUT2D eigenvalue weighted by Gasteiger charge is 2.22. The summed E-state index contributed by atoms with van der Waals surface area (Å²) in [7, 11) is 0. The third kappa shape index (κ3) is 3.76. The molecule has 0 aromatic heterocycles. The van der Waals surface area contributed by atoms with Gasteiger partial charge in [-0.1, -0.05) is 30.3 Å². The fourth-order valence-corrected chi connectivity index (χ4v) is 3.67. The first-order chi connectivity index (χ1) is 12.3. The van der Waals surface area contributed by atoms with E-state index in [0.717, 1.165) is 31.4 Å². The summed E-state index contributed by atoms with van der Waals surface area (Å²) in [5, 5.41) is 3.15. The van der Waals surface area contributed by atoms with Crippen molar-refractivity contribution in [1.29, 1.82) is 0 Å². The van der Waals surface area contributed by atoms with Crippen molar-refractivity contribution < 1.29 is 9.53 Å². The minimum absolute atomic E-state index is 0.0121. The Morgan fingerprint density at radius 1 is 1.00 bits per heavy atom. The summed E-state index contributed by atoms with van der Waals surface area (Å²) < 4.78 is 5.95. The summed E-state index contributed by atoms with van der Waals surface area (Å²) in [6.07, 6.45) is 9.66. The van der Waals surface area contributed by atoms with Crippen molar-refractivity contribution in [3.8, 4) is 5.75 Å². The average Bonchev–Trinajstić information content (AvgIpc) is 3.05. The van der Waals surface area contributed by atoms with Crippen molar-refractivity contribution in [3.63, 3.8) is 0 Å². The van der Waals surface area contributed by atoms with Gasteiger partial charge in [-0.15, -0.1) is 0 Å². The van der Waals surface area contributed by atoms with Gasteiger partial charge in [0.25, 0.3) is 5.91 Å². The highest BCUT2D eigenvalue weighted by molar-refractivity contribution is 5.94. The second kappa shape index (κ2) is 7.14. The Morgan fingerprint density at radius 3 is 2.36 bits per heavy atom. The summed E-state index contributed by atoms with van der Waals surface area (Å²) >= 11 is 0. The van der Waals surface area contributed by atoms with Crippen LogP contribution >= 0.6 is 0 Å². The summed E-state index contributed by atoms with van der Waals surface area (Å²) in [5.74, 6) is 0.809. The standard InChI is InChI=1S/C22H23NO2/c24-22(23-19-14-17-6-4-5-7-18(17)15-19)16-10-12-21(13-11-16)25-20-8-2-1-3-9-20/h2,4-8,10-13,19-20H,1,3,9,14-15H2,(H,23,24). The summed E-state index contributed by atoms with van der Waals surface area (Å²) in [4.78, 5) is 12.5. The van der Waals surface area contributed by atoms with E-state index in [-0.39, 0.29) is 18.1 Å². The topological polar surface area (TPSA) is 38.3 Å². The van der Waals surface area contributed by atoms with Crippen molar-refractivity contribution in [2.45, 2.75) is 44.2 Å². The Bertz CT molecular complexity index is 754. The molecule has 1 unspecified atom stereocenters. The van der Waals surface area contributed by atoms with Gasteiger partial charge in [-0.05, 0) is 73.6 Å². The third-order valence-corrected chi connectivity index (χ3v) is 5.00. The van der Waals surface area contributed by atoms with Crippen LogP contribution in [0.2, 0.25) is 0 Å². The fourth-order valence-electron chi connectivity index (χ4n) is 3.67. The van der Waals surface area contributed by atoms with Crippen LogP contribution in [0.25, 0.3) is 0 Å². The number of carbonyl (C=O) groups excluding carboxylic acids is 1. The molecule has 0 heterocycles. The first-order valence-corrected chi connectivity index (χ1v) is 9.09. The first-order valence-electron chi connectivity index (χ1n) is 9.09. The van der Waals surface area contributed by atoms with E-state index in [1.54, 1.807) is 0 Å². The quantitative estimate of drug-likeness (QED) is 0.857. The van der Waals surface area contributed by atoms with E-state index in [4.69, 9.17) is 4.74 Å². The highest BCUT2D eigenvalue weighted by Crippen LogP contribution is 2.23. The molecule has 1 N–H and O–H groups in total. The number of benzene rings is 2. The smallest absolute Gasteiger partial charge is 0.251 e. The molecule has 0 spiro atoms. The zero-order valence-corrected chi connectivity index (χ0v) is 14.3. The maximum absolute atomic E-state index is 12.5. The number of fused-ring (bicyclic) bond motifs is 1. The Kier molecular flexibility index (Phi) is 4.55.